The van der Waals surface area contributed by atoms with Crippen LogP contribution < -0.4 is 0 Å². The molecule has 3 heterocycles. The molecular weight excluding hydrogens is 212 g/mol. The molecule has 0 saturated carbocycles. The summed E-state index contributed by atoms with van der Waals surface area (Å²) in [6.45, 7) is 4.32. The summed E-state index contributed by atoms with van der Waals surface area (Å²) in [7, 11) is 0. The molecule has 17 heavy (non-hydrogen) atoms. The summed E-state index contributed by atoms with van der Waals surface area (Å²) in [6, 6.07) is 8.36. The SMILES string of the molecule is CC(C)n1ccn2nc(-c3ccccn3)cc12. The molecule has 0 saturated heterocycles. The van der Waals surface area contributed by atoms with E-state index in [1.807, 2.05) is 28.9 Å². The molecule has 0 unspecified atom stereocenters. The first-order chi connectivity index (χ1) is 8.25. The fourth-order valence-electron chi connectivity index (χ4n) is 1.97. The van der Waals surface area contributed by atoms with E-state index in [0.29, 0.717) is 6.04 Å². The summed E-state index contributed by atoms with van der Waals surface area (Å²) in [5.74, 6) is 0. The highest BCUT2D eigenvalue weighted by Crippen LogP contribution is 2.19. The quantitative estimate of drug-likeness (QED) is 0.673. The van der Waals surface area contributed by atoms with E-state index in [4.69, 9.17) is 0 Å². The van der Waals surface area contributed by atoms with Crippen molar-refractivity contribution in [2.75, 3.05) is 0 Å². The lowest BCUT2D eigenvalue weighted by Crippen LogP contribution is -1.97. The van der Waals surface area contributed by atoms with Gasteiger partial charge in [0.2, 0.25) is 0 Å². The summed E-state index contributed by atoms with van der Waals surface area (Å²) >= 11 is 0. The van der Waals surface area contributed by atoms with Crippen molar-refractivity contribution in [3.8, 4) is 11.4 Å². The maximum atomic E-state index is 4.52. The van der Waals surface area contributed by atoms with Crippen LogP contribution >= 0.6 is 0 Å². The maximum Gasteiger partial charge on any atom is 0.136 e. The van der Waals surface area contributed by atoms with Gasteiger partial charge < -0.3 is 4.57 Å². The highest BCUT2D eigenvalue weighted by atomic mass is 15.3. The van der Waals surface area contributed by atoms with Crippen LogP contribution in [-0.2, 0) is 0 Å². The first kappa shape index (κ1) is 10.1. The molecule has 0 aromatic carbocycles. The number of imidazole rings is 1. The van der Waals surface area contributed by atoms with Crippen LogP contribution in [0.15, 0.2) is 42.9 Å². The summed E-state index contributed by atoms with van der Waals surface area (Å²) in [5, 5.41) is 4.52. The molecule has 0 fully saturated rings. The fraction of sp³-hybridized carbons (Fsp3) is 0.231. The highest BCUT2D eigenvalue weighted by molar-refractivity contribution is 5.60. The molecule has 0 aliphatic carbocycles. The predicted octanol–water partition coefficient (Wildman–Crippen LogP) is 2.78. The molecule has 0 amide bonds. The zero-order valence-corrected chi connectivity index (χ0v) is 9.91. The normalized spacial score (nSPS) is 11.5. The minimum Gasteiger partial charge on any atom is -0.329 e. The van der Waals surface area contributed by atoms with Gasteiger partial charge in [0.1, 0.15) is 11.3 Å². The Hall–Kier alpha value is -2.10. The first-order valence-electron chi connectivity index (χ1n) is 5.73. The molecule has 0 N–H and O–H groups in total. The second-order valence-corrected chi connectivity index (χ2v) is 4.35. The van der Waals surface area contributed by atoms with Gasteiger partial charge in [0.15, 0.2) is 0 Å². The van der Waals surface area contributed by atoms with Crippen LogP contribution in [-0.4, -0.2) is 19.2 Å². The van der Waals surface area contributed by atoms with Crippen molar-refractivity contribution in [3.05, 3.63) is 42.9 Å². The van der Waals surface area contributed by atoms with E-state index in [2.05, 4.69) is 40.8 Å². The van der Waals surface area contributed by atoms with Crippen LogP contribution in [0.5, 0.6) is 0 Å². The number of fused-ring (bicyclic) bond motifs is 1. The van der Waals surface area contributed by atoms with Gasteiger partial charge >= 0.3 is 0 Å². The van der Waals surface area contributed by atoms with Crippen LogP contribution in [0.2, 0.25) is 0 Å². The topological polar surface area (TPSA) is 35.1 Å². The van der Waals surface area contributed by atoms with E-state index in [9.17, 15) is 0 Å². The van der Waals surface area contributed by atoms with E-state index < -0.39 is 0 Å². The molecule has 0 aliphatic heterocycles. The van der Waals surface area contributed by atoms with Gasteiger partial charge in [0.25, 0.3) is 0 Å². The van der Waals surface area contributed by atoms with Gasteiger partial charge in [-0.25, -0.2) is 4.52 Å². The Morgan fingerprint density at radius 2 is 2.00 bits per heavy atom. The number of hydrogen-bond donors (Lipinski definition) is 0. The minimum absolute atomic E-state index is 0.431. The van der Waals surface area contributed by atoms with Crippen molar-refractivity contribution in [1.29, 1.82) is 0 Å². The van der Waals surface area contributed by atoms with Crippen molar-refractivity contribution in [1.82, 2.24) is 19.2 Å². The molecular formula is C13H14N4. The van der Waals surface area contributed by atoms with Gasteiger partial charge in [-0.15, -0.1) is 0 Å². The van der Waals surface area contributed by atoms with Crippen LogP contribution in [0.3, 0.4) is 0 Å². The molecule has 4 heteroatoms. The average molecular weight is 226 g/mol. The predicted molar refractivity (Wildman–Crippen MR) is 66.8 cm³/mol. The third-order valence-electron chi connectivity index (χ3n) is 2.83. The third-order valence-corrected chi connectivity index (χ3v) is 2.83. The average Bonchev–Trinajstić information content (AvgIpc) is 2.88. The fourth-order valence-corrected chi connectivity index (χ4v) is 1.97. The summed E-state index contributed by atoms with van der Waals surface area (Å²) in [6.07, 6.45) is 5.81. The van der Waals surface area contributed by atoms with Gasteiger partial charge in [-0.2, -0.15) is 5.10 Å². The number of aromatic nitrogens is 4. The minimum atomic E-state index is 0.431. The standard InChI is InChI=1S/C13H14N4/c1-10(2)16-7-8-17-13(16)9-12(15-17)11-5-3-4-6-14-11/h3-10H,1-2H3. The second kappa shape index (κ2) is 3.73. The monoisotopic (exact) mass is 226 g/mol. The van der Waals surface area contributed by atoms with Gasteiger partial charge in [-0.1, -0.05) is 6.07 Å². The number of pyridine rings is 1. The van der Waals surface area contributed by atoms with Crippen LogP contribution in [0, 0.1) is 0 Å². The van der Waals surface area contributed by atoms with Crippen molar-refractivity contribution in [2.45, 2.75) is 19.9 Å². The molecule has 3 rings (SSSR count). The number of nitrogens with zero attached hydrogens (tertiary/aromatic N) is 4. The summed E-state index contributed by atoms with van der Waals surface area (Å²) < 4.78 is 4.09. The zero-order valence-electron chi connectivity index (χ0n) is 9.91. The van der Waals surface area contributed by atoms with Crippen molar-refractivity contribution in [3.63, 3.8) is 0 Å². The highest BCUT2D eigenvalue weighted by Gasteiger charge is 2.09. The molecule has 4 nitrogen and oxygen atoms in total. The molecule has 3 aromatic heterocycles. The zero-order chi connectivity index (χ0) is 11.8. The largest absolute Gasteiger partial charge is 0.329 e. The van der Waals surface area contributed by atoms with E-state index in [-0.39, 0.29) is 0 Å². The Labute approximate surface area is 99.5 Å². The molecule has 0 aliphatic rings. The van der Waals surface area contributed by atoms with Crippen molar-refractivity contribution >= 4 is 5.65 Å². The lowest BCUT2D eigenvalue weighted by Gasteiger charge is -2.05. The van der Waals surface area contributed by atoms with Crippen LogP contribution in [0.1, 0.15) is 19.9 Å². The van der Waals surface area contributed by atoms with Crippen molar-refractivity contribution < 1.29 is 0 Å². The molecule has 3 aromatic rings. The molecule has 0 atom stereocenters. The lowest BCUT2D eigenvalue weighted by molar-refractivity contribution is 0.619. The van der Waals surface area contributed by atoms with Gasteiger partial charge in [-0.3, -0.25) is 4.98 Å². The van der Waals surface area contributed by atoms with Gasteiger partial charge in [0.05, 0.1) is 5.69 Å². The summed E-state index contributed by atoms with van der Waals surface area (Å²) in [5.41, 5.74) is 2.92. The Bertz CT molecular complexity index is 634. The van der Waals surface area contributed by atoms with E-state index in [1.54, 1.807) is 6.20 Å². The van der Waals surface area contributed by atoms with Gasteiger partial charge in [0, 0.05) is 30.7 Å². The Morgan fingerprint density at radius 1 is 1.12 bits per heavy atom. The molecule has 0 radical (unpaired) electrons. The Morgan fingerprint density at radius 3 is 2.71 bits per heavy atom. The Kier molecular flexibility index (Phi) is 2.21. The number of rotatable bonds is 2. The Balaban J connectivity index is 2.15. The smallest absolute Gasteiger partial charge is 0.136 e. The van der Waals surface area contributed by atoms with E-state index >= 15 is 0 Å². The van der Waals surface area contributed by atoms with E-state index in [0.717, 1.165) is 17.0 Å². The second-order valence-electron chi connectivity index (χ2n) is 4.35. The molecule has 0 bridgehead atoms. The van der Waals surface area contributed by atoms with Crippen molar-refractivity contribution in [2.24, 2.45) is 0 Å². The number of hydrogen-bond acceptors (Lipinski definition) is 2. The van der Waals surface area contributed by atoms with Crippen LogP contribution in [0.25, 0.3) is 17.0 Å². The maximum absolute atomic E-state index is 4.52. The van der Waals surface area contributed by atoms with Crippen LogP contribution in [0.4, 0.5) is 0 Å². The summed E-state index contributed by atoms with van der Waals surface area (Å²) in [4.78, 5) is 4.31. The van der Waals surface area contributed by atoms with Gasteiger partial charge in [-0.05, 0) is 26.0 Å². The van der Waals surface area contributed by atoms with E-state index in [1.165, 1.54) is 0 Å². The lowest BCUT2D eigenvalue weighted by atomic mass is 10.3. The third kappa shape index (κ3) is 1.62. The molecule has 86 valence electrons. The first-order valence-corrected chi connectivity index (χ1v) is 5.73. The molecule has 0 spiro atoms.